The lowest BCUT2D eigenvalue weighted by atomic mass is 9.76. The second-order valence-corrected chi connectivity index (χ2v) is 6.38. The summed E-state index contributed by atoms with van der Waals surface area (Å²) in [7, 11) is 0. The van der Waals surface area contributed by atoms with Crippen molar-refractivity contribution in [2.45, 2.75) is 63.5 Å². The van der Waals surface area contributed by atoms with Gasteiger partial charge in [-0.1, -0.05) is 19.8 Å². The summed E-state index contributed by atoms with van der Waals surface area (Å²) in [5.41, 5.74) is 5.49. The van der Waals surface area contributed by atoms with Crippen LogP contribution in [-0.4, -0.2) is 28.6 Å². The predicted octanol–water partition coefficient (Wildman–Crippen LogP) is 1.26. The van der Waals surface area contributed by atoms with E-state index < -0.39 is 11.5 Å². The highest BCUT2D eigenvalue weighted by Crippen LogP contribution is 2.32. The van der Waals surface area contributed by atoms with Crippen LogP contribution in [0.2, 0.25) is 0 Å². The monoisotopic (exact) mass is 268 g/mol. The van der Waals surface area contributed by atoms with Gasteiger partial charge in [-0.3, -0.25) is 9.59 Å². The minimum Gasteiger partial charge on any atom is -0.481 e. The summed E-state index contributed by atoms with van der Waals surface area (Å²) in [5, 5.41) is 11.9. The van der Waals surface area contributed by atoms with Crippen molar-refractivity contribution in [2.75, 3.05) is 0 Å². The van der Waals surface area contributed by atoms with Gasteiger partial charge in [0.15, 0.2) is 0 Å². The first-order chi connectivity index (χ1) is 8.90. The van der Waals surface area contributed by atoms with E-state index in [1.54, 1.807) is 0 Å². The van der Waals surface area contributed by atoms with Crippen LogP contribution >= 0.6 is 0 Å². The third-order valence-electron chi connectivity index (χ3n) is 4.60. The minimum atomic E-state index is -0.759. The third-order valence-corrected chi connectivity index (χ3v) is 4.60. The van der Waals surface area contributed by atoms with Crippen LogP contribution in [0, 0.1) is 11.8 Å². The van der Waals surface area contributed by atoms with E-state index in [1.807, 2.05) is 0 Å². The first-order valence-corrected chi connectivity index (χ1v) is 7.23. The van der Waals surface area contributed by atoms with E-state index in [0.717, 1.165) is 32.1 Å². The molecule has 0 aromatic heterocycles. The van der Waals surface area contributed by atoms with Gasteiger partial charge in [-0.15, -0.1) is 0 Å². The lowest BCUT2D eigenvalue weighted by Gasteiger charge is -2.36. The predicted molar refractivity (Wildman–Crippen MR) is 71.5 cm³/mol. The van der Waals surface area contributed by atoms with Crippen molar-refractivity contribution in [2.24, 2.45) is 17.6 Å². The Morgan fingerprint density at radius 2 is 2.05 bits per heavy atom. The van der Waals surface area contributed by atoms with Crippen molar-refractivity contribution in [3.63, 3.8) is 0 Å². The van der Waals surface area contributed by atoms with Crippen LogP contribution in [0.25, 0.3) is 0 Å². The lowest BCUT2D eigenvalue weighted by molar-refractivity contribution is -0.141. The normalized spacial score (nSPS) is 38.9. The minimum absolute atomic E-state index is 0.0220. The Hall–Kier alpha value is -1.10. The molecule has 19 heavy (non-hydrogen) atoms. The average molecular weight is 268 g/mol. The molecule has 1 amide bonds. The largest absolute Gasteiger partial charge is 0.481 e. The highest BCUT2D eigenvalue weighted by atomic mass is 16.4. The van der Waals surface area contributed by atoms with E-state index in [2.05, 4.69) is 12.2 Å². The molecule has 0 heterocycles. The van der Waals surface area contributed by atoms with Gasteiger partial charge >= 0.3 is 5.97 Å². The maximum Gasteiger partial charge on any atom is 0.306 e. The molecular formula is C14H24N2O3. The Balaban J connectivity index is 1.89. The van der Waals surface area contributed by atoms with Crippen LogP contribution in [-0.2, 0) is 9.59 Å². The van der Waals surface area contributed by atoms with Crippen molar-refractivity contribution < 1.29 is 14.7 Å². The van der Waals surface area contributed by atoms with Crippen molar-refractivity contribution in [1.29, 1.82) is 0 Å². The van der Waals surface area contributed by atoms with E-state index in [9.17, 15) is 9.59 Å². The zero-order chi connectivity index (χ0) is 14.0. The second kappa shape index (κ2) is 5.49. The average Bonchev–Trinajstić information content (AvgIpc) is 2.77. The molecule has 5 nitrogen and oxygen atoms in total. The fourth-order valence-electron chi connectivity index (χ4n) is 3.46. The first-order valence-electron chi connectivity index (χ1n) is 7.23. The molecule has 108 valence electrons. The summed E-state index contributed by atoms with van der Waals surface area (Å²) in [6, 6.07) is -0.0220. The number of nitrogens with one attached hydrogen (secondary N) is 1. The van der Waals surface area contributed by atoms with Crippen LogP contribution in [0.15, 0.2) is 0 Å². The number of carboxylic acid groups (broad SMARTS) is 1. The molecule has 4 atom stereocenters. The molecule has 0 saturated heterocycles. The van der Waals surface area contributed by atoms with E-state index in [-0.39, 0.29) is 17.9 Å². The molecule has 2 saturated carbocycles. The molecule has 0 radical (unpaired) electrons. The molecule has 2 rings (SSSR count). The zero-order valence-corrected chi connectivity index (χ0v) is 11.5. The van der Waals surface area contributed by atoms with Crippen LogP contribution < -0.4 is 11.1 Å². The maximum atomic E-state index is 12.3. The number of carboxylic acids is 1. The summed E-state index contributed by atoms with van der Waals surface area (Å²) < 4.78 is 0. The first kappa shape index (κ1) is 14.3. The standard InChI is InChI=1S/C14H24N2O3/c1-9-3-2-6-14(15,8-9)13(19)16-11-5-4-10(7-11)12(17)18/h9-11H,2-8,15H2,1H3,(H,16,19)(H,17,18)/t9?,10-,11+,14?/m1/s1. The Morgan fingerprint density at radius 3 is 2.63 bits per heavy atom. The van der Waals surface area contributed by atoms with Crippen LogP contribution in [0.4, 0.5) is 0 Å². The molecule has 4 N–H and O–H groups in total. The molecule has 0 spiro atoms. The molecule has 2 aliphatic rings. The van der Waals surface area contributed by atoms with Gasteiger partial charge in [0.25, 0.3) is 0 Å². The number of amides is 1. The van der Waals surface area contributed by atoms with E-state index in [4.69, 9.17) is 10.8 Å². The fraction of sp³-hybridized carbons (Fsp3) is 0.857. The van der Waals surface area contributed by atoms with Gasteiger partial charge in [0, 0.05) is 6.04 Å². The van der Waals surface area contributed by atoms with E-state index in [1.165, 1.54) is 0 Å². The maximum absolute atomic E-state index is 12.3. The van der Waals surface area contributed by atoms with Crippen molar-refractivity contribution in [3.05, 3.63) is 0 Å². The fourth-order valence-corrected chi connectivity index (χ4v) is 3.46. The highest BCUT2D eigenvalue weighted by molar-refractivity contribution is 5.86. The zero-order valence-electron chi connectivity index (χ0n) is 11.5. The summed E-state index contributed by atoms with van der Waals surface area (Å²) >= 11 is 0. The summed E-state index contributed by atoms with van der Waals surface area (Å²) in [6.07, 6.45) is 5.52. The Morgan fingerprint density at radius 1 is 1.32 bits per heavy atom. The highest BCUT2D eigenvalue weighted by Gasteiger charge is 2.40. The van der Waals surface area contributed by atoms with Crippen molar-refractivity contribution in [3.8, 4) is 0 Å². The van der Waals surface area contributed by atoms with E-state index in [0.29, 0.717) is 18.8 Å². The lowest BCUT2D eigenvalue weighted by Crippen LogP contribution is -2.57. The van der Waals surface area contributed by atoms with Gasteiger partial charge in [0.2, 0.25) is 5.91 Å². The molecule has 0 aromatic rings. The van der Waals surface area contributed by atoms with Gasteiger partial charge in [0.1, 0.15) is 0 Å². The number of aliphatic carboxylic acids is 1. The molecule has 2 aliphatic carbocycles. The summed E-state index contributed by atoms with van der Waals surface area (Å²) in [5.74, 6) is -0.676. The smallest absolute Gasteiger partial charge is 0.306 e. The topological polar surface area (TPSA) is 92.4 Å². The molecule has 2 fully saturated rings. The Kier molecular flexibility index (Phi) is 4.13. The summed E-state index contributed by atoms with van der Waals surface area (Å²) in [6.45, 7) is 2.13. The van der Waals surface area contributed by atoms with Crippen LogP contribution in [0.1, 0.15) is 51.9 Å². The quantitative estimate of drug-likeness (QED) is 0.718. The molecule has 5 heteroatoms. The molecule has 0 bridgehead atoms. The SMILES string of the molecule is CC1CCCC(N)(C(=O)N[C@H]2CC[C@@H](C(=O)O)C2)C1. The number of hydrogen-bond donors (Lipinski definition) is 3. The van der Waals surface area contributed by atoms with Crippen molar-refractivity contribution in [1.82, 2.24) is 5.32 Å². The van der Waals surface area contributed by atoms with Gasteiger partial charge in [0.05, 0.1) is 11.5 Å². The van der Waals surface area contributed by atoms with Crippen LogP contribution in [0.3, 0.4) is 0 Å². The molecule has 0 aliphatic heterocycles. The number of hydrogen-bond acceptors (Lipinski definition) is 3. The Labute approximate surface area is 113 Å². The number of nitrogens with two attached hydrogens (primary N) is 1. The Bertz CT molecular complexity index is 372. The van der Waals surface area contributed by atoms with Gasteiger partial charge in [-0.2, -0.15) is 0 Å². The number of carbonyl (C=O) groups is 2. The van der Waals surface area contributed by atoms with Crippen molar-refractivity contribution >= 4 is 11.9 Å². The van der Waals surface area contributed by atoms with E-state index >= 15 is 0 Å². The second-order valence-electron chi connectivity index (χ2n) is 6.38. The third kappa shape index (κ3) is 3.26. The molecular weight excluding hydrogens is 244 g/mol. The van der Waals surface area contributed by atoms with Gasteiger partial charge in [-0.05, 0) is 38.0 Å². The molecule has 0 aromatic carbocycles. The van der Waals surface area contributed by atoms with Crippen LogP contribution in [0.5, 0.6) is 0 Å². The number of carbonyl (C=O) groups excluding carboxylic acids is 1. The number of rotatable bonds is 3. The van der Waals surface area contributed by atoms with Gasteiger partial charge in [-0.25, -0.2) is 0 Å². The summed E-state index contributed by atoms with van der Waals surface area (Å²) in [4.78, 5) is 23.2. The molecule has 2 unspecified atom stereocenters. The van der Waals surface area contributed by atoms with Gasteiger partial charge < -0.3 is 16.2 Å².